The van der Waals surface area contributed by atoms with Gasteiger partial charge >= 0.3 is 6.18 Å². The van der Waals surface area contributed by atoms with Gasteiger partial charge in [-0.1, -0.05) is 75.7 Å². The number of nitrogens with zero attached hydrogens (tertiary/aromatic N) is 3. The van der Waals surface area contributed by atoms with E-state index in [-0.39, 0.29) is 15.9 Å². The minimum atomic E-state index is -4.60. The number of thioether (sulfide) groups is 1. The summed E-state index contributed by atoms with van der Waals surface area (Å²) in [5.74, 6) is -0.0241. The molecule has 1 heterocycles. The van der Waals surface area contributed by atoms with E-state index in [0.29, 0.717) is 17.4 Å². The highest BCUT2D eigenvalue weighted by atomic mass is 79.9. The van der Waals surface area contributed by atoms with Crippen LogP contribution in [0.4, 0.5) is 18.9 Å². The fourth-order valence-corrected chi connectivity index (χ4v) is 4.55. The minimum Gasteiger partial charge on any atom is -0.325 e. The summed E-state index contributed by atoms with van der Waals surface area (Å²) in [6, 6.07) is 21.2. The number of rotatable bonds is 7. The molecule has 0 spiro atoms. The van der Waals surface area contributed by atoms with Gasteiger partial charge in [0, 0.05) is 16.6 Å². The van der Waals surface area contributed by atoms with E-state index in [1.807, 2.05) is 66.1 Å². The molecule has 3 aromatic carbocycles. The molecule has 0 aliphatic carbocycles. The van der Waals surface area contributed by atoms with Crippen molar-refractivity contribution in [3.05, 3.63) is 99.8 Å². The Hall–Kier alpha value is -3.11. The largest absolute Gasteiger partial charge is 0.418 e. The number of hydrogen-bond donors (Lipinski definition) is 1. The molecule has 0 aliphatic rings. The van der Waals surface area contributed by atoms with Crippen molar-refractivity contribution in [1.29, 1.82) is 0 Å². The number of hydrogen-bond acceptors (Lipinski definition) is 4. The number of nitrogens with one attached hydrogen (secondary N) is 1. The van der Waals surface area contributed by atoms with Crippen LogP contribution in [0.3, 0.4) is 0 Å². The molecule has 1 N–H and O–H groups in total. The Morgan fingerprint density at radius 1 is 1.03 bits per heavy atom. The Balaban J connectivity index is 1.56. The number of carbonyl (C=O) groups is 1. The van der Waals surface area contributed by atoms with Crippen molar-refractivity contribution in [1.82, 2.24) is 14.8 Å². The van der Waals surface area contributed by atoms with Gasteiger partial charge in [0.05, 0.1) is 17.0 Å². The average molecular weight is 561 g/mol. The number of alkyl halides is 3. The molecule has 0 atom stereocenters. The Kier molecular flexibility index (Phi) is 7.61. The van der Waals surface area contributed by atoms with Gasteiger partial charge in [0.15, 0.2) is 5.16 Å². The predicted octanol–water partition coefficient (Wildman–Crippen LogP) is 6.68. The summed E-state index contributed by atoms with van der Waals surface area (Å²) >= 11 is 4.15. The van der Waals surface area contributed by atoms with Crippen LogP contribution in [0.15, 0.2) is 82.4 Å². The van der Waals surface area contributed by atoms with Gasteiger partial charge in [-0.05, 0) is 42.8 Å². The van der Waals surface area contributed by atoms with Crippen molar-refractivity contribution < 1.29 is 18.0 Å². The third kappa shape index (κ3) is 6.32. The van der Waals surface area contributed by atoms with Crippen LogP contribution >= 0.6 is 27.7 Å². The zero-order valence-electron chi connectivity index (χ0n) is 18.5. The van der Waals surface area contributed by atoms with E-state index < -0.39 is 17.6 Å². The third-order valence-electron chi connectivity index (χ3n) is 5.09. The van der Waals surface area contributed by atoms with E-state index in [1.54, 1.807) is 0 Å². The lowest BCUT2D eigenvalue weighted by atomic mass is 10.1. The number of halogens is 4. The maximum atomic E-state index is 13.4. The number of anilines is 1. The molecule has 0 bridgehead atoms. The monoisotopic (exact) mass is 560 g/mol. The molecule has 1 aromatic heterocycles. The van der Waals surface area contributed by atoms with Crippen LogP contribution in [0.25, 0.3) is 5.69 Å². The van der Waals surface area contributed by atoms with E-state index in [4.69, 9.17) is 0 Å². The van der Waals surface area contributed by atoms with Crippen molar-refractivity contribution >= 4 is 39.3 Å². The molecule has 4 rings (SSSR count). The Morgan fingerprint density at radius 2 is 1.74 bits per heavy atom. The lowest BCUT2D eigenvalue weighted by Crippen LogP contribution is -2.18. The molecule has 35 heavy (non-hydrogen) atoms. The SMILES string of the molecule is Cc1ccc(-n2c(Cc3ccccc3)nnc2SCC(=O)Nc2ccc(Br)cc2C(F)(F)F)cc1. The molecule has 5 nitrogen and oxygen atoms in total. The summed E-state index contributed by atoms with van der Waals surface area (Å²) < 4.78 is 42.3. The highest BCUT2D eigenvalue weighted by Gasteiger charge is 2.34. The first-order valence-corrected chi connectivity index (χ1v) is 12.3. The molecule has 0 unspecified atom stereocenters. The van der Waals surface area contributed by atoms with Gasteiger partial charge in [0.2, 0.25) is 5.91 Å². The molecule has 0 radical (unpaired) electrons. The van der Waals surface area contributed by atoms with Crippen molar-refractivity contribution in [2.45, 2.75) is 24.7 Å². The van der Waals surface area contributed by atoms with Gasteiger partial charge < -0.3 is 5.32 Å². The summed E-state index contributed by atoms with van der Waals surface area (Å²) in [5.41, 5.74) is 1.77. The van der Waals surface area contributed by atoms with Crippen molar-refractivity contribution in [3.8, 4) is 5.69 Å². The average Bonchev–Trinajstić information content (AvgIpc) is 3.21. The van der Waals surface area contributed by atoms with Crippen molar-refractivity contribution in [2.24, 2.45) is 0 Å². The maximum Gasteiger partial charge on any atom is 0.418 e. The Bertz CT molecular complexity index is 1330. The van der Waals surface area contributed by atoms with Crippen LogP contribution in [0.1, 0.15) is 22.5 Å². The molecular formula is C25H20BrF3N4OS. The smallest absolute Gasteiger partial charge is 0.325 e. The topological polar surface area (TPSA) is 59.8 Å². The number of aryl methyl sites for hydroxylation is 1. The summed E-state index contributed by atoms with van der Waals surface area (Å²) in [4.78, 5) is 12.6. The molecule has 4 aromatic rings. The van der Waals surface area contributed by atoms with E-state index in [9.17, 15) is 18.0 Å². The highest BCUT2D eigenvalue weighted by molar-refractivity contribution is 9.10. The van der Waals surface area contributed by atoms with Crippen LogP contribution in [0.5, 0.6) is 0 Å². The zero-order chi connectivity index (χ0) is 25.0. The zero-order valence-corrected chi connectivity index (χ0v) is 20.9. The predicted molar refractivity (Wildman–Crippen MR) is 134 cm³/mol. The third-order valence-corrected chi connectivity index (χ3v) is 6.51. The first kappa shape index (κ1) is 25.0. The molecule has 1 amide bonds. The van der Waals surface area contributed by atoms with E-state index in [2.05, 4.69) is 31.4 Å². The number of benzene rings is 3. The Labute approximate surface area is 212 Å². The molecular weight excluding hydrogens is 541 g/mol. The van der Waals surface area contributed by atoms with Gasteiger partial charge in [0.1, 0.15) is 5.82 Å². The molecule has 0 aliphatic heterocycles. The second-order valence-electron chi connectivity index (χ2n) is 7.76. The quantitative estimate of drug-likeness (QED) is 0.256. The number of amides is 1. The van der Waals surface area contributed by atoms with Gasteiger partial charge in [-0.15, -0.1) is 10.2 Å². The molecule has 0 saturated carbocycles. The summed E-state index contributed by atoms with van der Waals surface area (Å²) in [7, 11) is 0. The normalized spacial score (nSPS) is 11.5. The molecule has 0 saturated heterocycles. The summed E-state index contributed by atoms with van der Waals surface area (Å²) in [6.07, 6.45) is -4.07. The highest BCUT2D eigenvalue weighted by Crippen LogP contribution is 2.36. The lowest BCUT2D eigenvalue weighted by molar-refractivity contribution is -0.137. The van der Waals surface area contributed by atoms with Gasteiger partial charge in [-0.2, -0.15) is 13.2 Å². The van der Waals surface area contributed by atoms with Crippen molar-refractivity contribution in [2.75, 3.05) is 11.1 Å². The molecule has 0 fully saturated rings. The first-order valence-electron chi connectivity index (χ1n) is 10.6. The lowest BCUT2D eigenvalue weighted by Gasteiger charge is -2.14. The maximum absolute atomic E-state index is 13.4. The van der Waals surface area contributed by atoms with Crippen LogP contribution in [-0.2, 0) is 17.4 Å². The van der Waals surface area contributed by atoms with Gasteiger partial charge in [-0.25, -0.2) is 0 Å². The van der Waals surface area contributed by atoms with Crippen LogP contribution < -0.4 is 5.32 Å². The van der Waals surface area contributed by atoms with Gasteiger partial charge in [-0.3, -0.25) is 9.36 Å². The number of aromatic nitrogens is 3. The van der Waals surface area contributed by atoms with Crippen molar-refractivity contribution in [3.63, 3.8) is 0 Å². The van der Waals surface area contributed by atoms with Crippen LogP contribution in [0, 0.1) is 6.92 Å². The second kappa shape index (κ2) is 10.7. The fourth-order valence-electron chi connectivity index (χ4n) is 3.42. The first-order chi connectivity index (χ1) is 16.7. The Morgan fingerprint density at radius 3 is 2.43 bits per heavy atom. The summed E-state index contributed by atoms with van der Waals surface area (Å²) in [5, 5.41) is 11.4. The van der Waals surface area contributed by atoms with Crippen LogP contribution in [0.2, 0.25) is 0 Å². The standard InChI is InChI=1S/C25H20BrF3N4OS/c1-16-7-10-19(11-8-16)33-22(13-17-5-3-2-4-6-17)31-32-24(33)35-15-23(34)30-21-12-9-18(26)14-20(21)25(27,28)29/h2-12,14H,13,15H2,1H3,(H,30,34). The fraction of sp³-hybridized carbons (Fsp3) is 0.160. The second-order valence-corrected chi connectivity index (χ2v) is 9.61. The molecule has 10 heteroatoms. The summed E-state index contributed by atoms with van der Waals surface area (Å²) in [6.45, 7) is 1.98. The van der Waals surface area contributed by atoms with Crippen LogP contribution in [-0.4, -0.2) is 26.4 Å². The number of carbonyl (C=O) groups excluding carboxylic acids is 1. The minimum absolute atomic E-state index is 0.136. The van der Waals surface area contributed by atoms with E-state index in [0.717, 1.165) is 34.6 Å². The van der Waals surface area contributed by atoms with Gasteiger partial charge in [0.25, 0.3) is 0 Å². The van der Waals surface area contributed by atoms with E-state index in [1.165, 1.54) is 12.1 Å². The van der Waals surface area contributed by atoms with E-state index >= 15 is 0 Å². The molecule has 180 valence electrons.